The molecule has 2 nitrogen and oxygen atoms in total. The van der Waals surface area contributed by atoms with Crippen LogP contribution in [0.2, 0.25) is 0 Å². The molecule has 0 radical (unpaired) electrons. The zero-order valence-corrected chi connectivity index (χ0v) is 8.43. The van der Waals surface area contributed by atoms with Crippen LogP contribution in [-0.2, 0) is 13.0 Å². The molecule has 72 valence electrons. The lowest BCUT2D eigenvalue weighted by Gasteiger charge is -2.18. The van der Waals surface area contributed by atoms with E-state index in [1.54, 1.807) is 0 Å². The highest BCUT2D eigenvalue weighted by molar-refractivity contribution is 5.51. The van der Waals surface area contributed by atoms with Gasteiger partial charge in [0, 0.05) is 12.2 Å². The number of nitrogens with one attached hydrogen (secondary N) is 1. The molecule has 0 amide bonds. The zero-order valence-electron chi connectivity index (χ0n) is 8.43. The normalized spacial score (nSPS) is 14.0. The molecule has 0 saturated carbocycles. The molecule has 2 rings (SSSR count). The van der Waals surface area contributed by atoms with Gasteiger partial charge >= 0.3 is 0 Å². The number of rotatable bonds is 0. The summed E-state index contributed by atoms with van der Waals surface area (Å²) in [7, 11) is 0. The molecule has 2 heteroatoms. The maximum Gasteiger partial charge on any atom is 0.0350 e. The van der Waals surface area contributed by atoms with E-state index in [4.69, 9.17) is 5.73 Å². The van der Waals surface area contributed by atoms with Crippen molar-refractivity contribution in [2.45, 2.75) is 26.8 Å². The summed E-state index contributed by atoms with van der Waals surface area (Å²) in [6, 6.07) is 6.13. The monoisotopic (exact) mass is 178 g/mol. The zero-order chi connectivity index (χ0) is 9.68. The number of nitrogen functional groups attached to an aromatic ring is 1. The van der Waals surface area contributed by atoms with Gasteiger partial charge in [-0.05, 0) is 30.2 Å². The highest BCUT2D eigenvalue weighted by atomic mass is 14.9. The smallest absolute Gasteiger partial charge is 0.0350 e. The fraction of sp³-hybridized carbons (Fsp3) is 0.455. The maximum atomic E-state index is 5.81. The van der Waals surface area contributed by atoms with Crippen molar-refractivity contribution in [1.29, 1.82) is 0 Å². The van der Waals surface area contributed by atoms with Crippen LogP contribution in [0.25, 0.3) is 0 Å². The van der Waals surface area contributed by atoms with Crippen molar-refractivity contribution in [3.8, 4) is 0 Å². The highest BCUT2D eigenvalue weighted by Crippen LogP contribution is 2.19. The van der Waals surface area contributed by atoms with Crippen molar-refractivity contribution >= 4 is 5.69 Å². The average molecular weight is 178 g/mol. The first-order valence-corrected chi connectivity index (χ1v) is 4.95. The van der Waals surface area contributed by atoms with E-state index >= 15 is 0 Å². The largest absolute Gasteiger partial charge is 0.398 e. The lowest BCUT2D eigenvalue weighted by atomic mass is 9.99. The summed E-state index contributed by atoms with van der Waals surface area (Å²) in [4.78, 5) is 0. The molecular formula is C11H18N2. The highest BCUT2D eigenvalue weighted by Gasteiger charge is 2.09. The third-order valence-electron chi connectivity index (χ3n) is 2.18. The van der Waals surface area contributed by atoms with Crippen LogP contribution in [0.1, 0.15) is 25.0 Å². The van der Waals surface area contributed by atoms with Crippen molar-refractivity contribution in [3.05, 3.63) is 29.3 Å². The quantitative estimate of drug-likeness (QED) is 0.596. The van der Waals surface area contributed by atoms with E-state index in [1.807, 2.05) is 26.0 Å². The Morgan fingerprint density at radius 3 is 2.77 bits per heavy atom. The second-order valence-electron chi connectivity index (χ2n) is 2.91. The van der Waals surface area contributed by atoms with Gasteiger partial charge < -0.3 is 11.1 Å². The van der Waals surface area contributed by atoms with Gasteiger partial charge in [-0.2, -0.15) is 0 Å². The summed E-state index contributed by atoms with van der Waals surface area (Å²) >= 11 is 0. The minimum atomic E-state index is 0.948. The van der Waals surface area contributed by atoms with Gasteiger partial charge in [-0.15, -0.1) is 0 Å². The molecule has 0 aliphatic carbocycles. The first kappa shape index (κ1) is 10.1. The molecule has 13 heavy (non-hydrogen) atoms. The Morgan fingerprint density at radius 1 is 1.31 bits per heavy atom. The van der Waals surface area contributed by atoms with Gasteiger partial charge in [0.05, 0.1) is 0 Å². The molecule has 1 aliphatic heterocycles. The van der Waals surface area contributed by atoms with Crippen molar-refractivity contribution in [2.24, 2.45) is 0 Å². The molecule has 0 fully saturated rings. The van der Waals surface area contributed by atoms with Crippen LogP contribution in [-0.4, -0.2) is 6.54 Å². The van der Waals surface area contributed by atoms with Crippen LogP contribution in [0.4, 0.5) is 5.69 Å². The van der Waals surface area contributed by atoms with E-state index in [0.29, 0.717) is 0 Å². The minimum absolute atomic E-state index is 0.948. The molecule has 1 aromatic rings. The number of benzene rings is 1. The Hall–Kier alpha value is -1.02. The molecule has 0 unspecified atom stereocenters. The Kier molecular flexibility index (Phi) is 3.77. The molecule has 3 N–H and O–H groups in total. The average Bonchev–Trinajstić information content (AvgIpc) is 2.22. The predicted octanol–water partition coefficient (Wildman–Crippen LogP) is 1.94. The topological polar surface area (TPSA) is 38.0 Å². The van der Waals surface area contributed by atoms with Crippen LogP contribution in [0.15, 0.2) is 18.2 Å². The van der Waals surface area contributed by atoms with Crippen molar-refractivity contribution < 1.29 is 0 Å². The predicted molar refractivity (Wildman–Crippen MR) is 57.6 cm³/mol. The second-order valence-corrected chi connectivity index (χ2v) is 2.91. The second kappa shape index (κ2) is 4.87. The molecule has 0 bridgehead atoms. The Morgan fingerprint density at radius 2 is 2.08 bits per heavy atom. The summed E-state index contributed by atoms with van der Waals surface area (Å²) in [6.45, 7) is 6.03. The number of hydrogen-bond acceptors (Lipinski definition) is 2. The maximum absolute atomic E-state index is 5.81. The van der Waals surface area contributed by atoms with Crippen LogP contribution in [0, 0.1) is 0 Å². The van der Waals surface area contributed by atoms with E-state index < -0.39 is 0 Å². The van der Waals surface area contributed by atoms with Gasteiger partial charge in [-0.25, -0.2) is 0 Å². The summed E-state index contributed by atoms with van der Waals surface area (Å²) in [5, 5.41) is 3.31. The van der Waals surface area contributed by atoms with Crippen molar-refractivity contribution in [3.63, 3.8) is 0 Å². The number of fused-ring (bicyclic) bond motifs is 1. The Bertz CT molecular complexity index is 269. The van der Waals surface area contributed by atoms with E-state index in [2.05, 4.69) is 11.4 Å². The molecule has 1 aromatic carbocycles. The van der Waals surface area contributed by atoms with Crippen molar-refractivity contribution in [1.82, 2.24) is 5.32 Å². The van der Waals surface area contributed by atoms with Gasteiger partial charge in [0.25, 0.3) is 0 Å². The summed E-state index contributed by atoms with van der Waals surface area (Å²) in [6.07, 6.45) is 1.07. The summed E-state index contributed by atoms with van der Waals surface area (Å²) < 4.78 is 0. The summed E-state index contributed by atoms with van der Waals surface area (Å²) in [5.41, 5.74) is 9.46. The van der Waals surface area contributed by atoms with E-state index in [-0.39, 0.29) is 0 Å². The summed E-state index contributed by atoms with van der Waals surface area (Å²) in [5.74, 6) is 0. The van der Waals surface area contributed by atoms with Crippen LogP contribution >= 0.6 is 0 Å². The van der Waals surface area contributed by atoms with Gasteiger partial charge in [0.1, 0.15) is 0 Å². The van der Waals surface area contributed by atoms with Gasteiger partial charge in [-0.3, -0.25) is 0 Å². The van der Waals surface area contributed by atoms with E-state index in [0.717, 1.165) is 25.2 Å². The van der Waals surface area contributed by atoms with Gasteiger partial charge in [-0.1, -0.05) is 26.0 Å². The first-order valence-electron chi connectivity index (χ1n) is 4.95. The molecule has 0 spiro atoms. The van der Waals surface area contributed by atoms with Crippen LogP contribution in [0.3, 0.4) is 0 Å². The fourth-order valence-corrected chi connectivity index (χ4v) is 1.56. The third-order valence-corrected chi connectivity index (χ3v) is 2.18. The van der Waals surface area contributed by atoms with Crippen LogP contribution in [0.5, 0.6) is 0 Å². The number of hydrogen-bond donors (Lipinski definition) is 2. The van der Waals surface area contributed by atoms with E-state index in [1.165, 1.54) is 11.1 Å². The van der Waals surface area contributed by atoms with Crippen molar-refractivity contribution in [2.75, 3.05) is 12.3 Å². The molecule has 0 saturated heterocycles. The lowest BCUT2D eigenvalue weighted by Crippen LogP contribution is -2.24. The molecule has 0 atom stereocenters. The van der Waals surface area contributed by atoms with Gasteiger partial charge in [0.15, 0.2) is 0 Å². The first-order chi connectivity index (χ1) is 6.38. The number of anilines is 1. The fourth-order valence-electron chi connectivity index (χ4n) is 1.56. The van der Waals surface area contributed by atoms with Gasteiger partial charge in [0.2, 0.25) is 0 Å². The molecule has 0 aromatic heterocycles. The number of nitrogens with two attached hydrogens (primary N) is 1. The Balaban J connectivity index is 0.000000396. The van der Waals surface area contributed by atoms with E-state index in [9.17, 15) is 0 Å². The molecular weight excluding hydrogens is 160 g/mol. The molecule has 1 heterocycles. The lowest BCUT2D eigenvalue weighted by molar-refractivity contribution is 0.645. The molecule has 1 aliphatic rings. The Labute approximate surface area is 80.1 Å². The standard InChI is InChI=1S/C9H12N2.C2H6/c10-9-3-1-2-7-6-11-5-4-8(7)9;1-2/h1-3,11H,4-6,10H2;1-2H3. The minimum Gasteiger partial charge on any atom is -0.398 e. The third kappa shape index (κ3) is 2.22. The SMILES string of the molecule is CC.Nc1cccc2c1CCNC2. The van der Waals surface area contributed by atoms with Crippen LogP contribution < -0.4 is 11.1 Å².